The lowest BCUT2D eigenvalue weighted by Gasteiger charge is -2.31. The highest BCUT2D eigenvalue weighted by Crippen LogP contribution is 2.64. The molecule has 0 radical (unpaired) electrons. The fourth-order valence-corrected chi connectivity index (χ4v) is 12.0. The van der Waals surface area contributed by atoms with E-state index in [1.54, 1.807) is 0 Å². The number of hydrogen-bond acceptors (Lipinski definition) is 6. The molecule has 290 valence electrons. The van der Waals surface area contributed by atoms with E-state index >= 15 is 0 Å². The lowest BCUT2D eigenvalue weighted by molar-refractivity contribution is 0.426. The first kappa shape index (κ1) is 36.8. The number of hydrogen-bond donors (Lipinski definition) is 0. The molecule has 0 saturated carbocycles. The van der Waals surface area contributed by atoms with Gasteiger partial charge in [-0.1, -0.05) is 121 Å². The topological polar surface area (TPSA) is 50.5 Å². The molecule has 0 N–H and O–H groups in total. The Labute approximate surface area is 355 Å². The van der Waals surface area contributed by atoms with E-state index in [4.69, 9.17) is 20.0 Å². The average Bonchev–Trinajstić information content (AvgIpc) is 3.85. The predicted octanol–water partition coefficient (Wildman–Crippen LogP) is 13.4. The average molecular weight is 803 g/mol. The summed E-state index contributed by atoms with van der Waals surface area (Å²) >= 11 is 3.65. The summed E-state index contributed by atoms with van der Waals surface area (Å²) in [6, 6.07) is 49.4. The van der Waals surface area contributed by atoms with Gasteiger partial charge in [0.2, 0.25) is 0 Å². The molecule has 2 aliphatic heterocycles. The Hall–Kier alpha value is -5.30. The van der Waals surface area contributed by atoms with Gasteiger partial charge in [-0.3, -0.25) is 9.98 Å². The Morgan fingerprint density at radius 2 is 0.881 bits per heavy atom. The zero-order chi connectivity index (χ0) is 40.7. The van der Waals surface area contributed by atoms with Crippen molar-refractivity contribution >= 4 is 44.4 Å². The molecule has 4 heterocycles. The van der Waals surface area contributed by atoms with E-state index in [1.807, 2.05) is 23.5 Å². The number of aliphatic imine (C=N–C) groups is 2. The molecule has 2 aliphatic carbocycles. The number of pyridine rings is 2. The number of nitrogens with zero attached hydrogens (tertiary/aromatic N) is 4. The molecular formula is C53H46N4S2. The molecule has 0 atom stereocenters. The van der Waals surface area contributed by atoms with Crippen molar-refractivity contribution in [3.05, 3.63) is 167 Å². The lowest BCUT2D eigenvalue weighted by atomic mass is 9.69. The van der Waals surface area contributed by atoms with Crippen LogP contribution in [0.5, 0.6) is 0 Å². The highest BCUT2D eigenvalue weighted by atomic mass is 32.2. The van der Waals surface area contributed by atoms with Crippen molar-refractivity contribution in [2.45, 2.75) is 81.4 Å². The van der Waals surface area contributed by atoms with Crippen LogP contribution >= 0.6 is 23.5 Å². The van der Waals surface area contributed by atoms with Gasteiger partial charge in [0.25, 0.3) is 0 Å². The van der Waals surface area contributed by atoms with Crippen molar-refractivity contribution in [2.75, 3.05) is 0 Å². The van der Waals surface area contributed by atoms with Gasteiger partial charge in [-0.2, -0.15) is 0 Å². The van der Waals surface area contributed by atoms with Gasteiger partial charge in [0, 0.05) is 20.6 Å². The van der Waals surface area contributed by atoms with E-state index < -0.39 is 5.41 Å². The smallest absolute Gasteiger partial charge is 0.117 e. The van der Waals surface area contributed by atoms with E-state index in [0.29, 0.717) is 0 Å². The number of thioether (sulfide) groups is 2. The van der Waals surface area contributed by atoms with E-state index in [0.717, 1.165) is 44.0 Å². The number of fused-ring (bicyclic) bond motifs is 12. The summed E-state index contributed by atoms with van der Waals surface area (Å²) < 4.78 is -0.0215. The molecule has 0 bridgehead atoms. The molecule has 6 heteroatoms. The predicted molar refractivity (Wildman–Crippen MR) is 251 cm³/mol. The minimum Gasteiger partial charge on any atom is -0.269 e. The fraction of sp³-hybridized carbons (Fsp3) is 0.245. The highest BCUT2D eigenvalue weighted by Gasteiger charge is 2.53. The van der Waals surface area contributed by atoms with Gasteiger partial charge in [-0.05, 0) is 147 Å². The Kier molecular flexibility index (Phi) is 7.71. The molecule has 4 aliphatic rings. The van der Waals surface area contributed by atoms with Crippen LogP contribution in [0.2, 0.25) is 0 Å². The van der Waals surface area contributed by atoms with Crippen molar-refractivity contribution in [3.8, 4) is 44.8 Å². The SMILES string of the molecule is CC1(C)N=C(c2cccc(-c3ccc4c(c3)C3(c5ccccc5-c5ccccc53)c3c-4ccc4cc(-c5cccc(C6=NC(C)(C)C(C)(C)S6)n5)ccc34)n2)SC1(C)C. The standard InChI is InChI=1S/C53H46N4S2/c1-49(2)51(5,6)58-47(56-49)44-21-13-19-42(54-44)32-24-26-34-31(29-32)23-28-38-37-27-25-33(43-20-14-22-45(55-43)48-57-50(3,4)52(7,8)59-48)30-41(37)53(46(34)38)39-17-11-9-15-35(39)36-16-10-12-18-40(36)53/h9-30H,1-8H3. The first-order valence-electron chi connectivity index (χ1n) is 20.6. The zero-order valence-corrected chi connectivity index (χ0v) is 36.4. The Balaban J connectivity index is 1.09. The van der Waals surface area contributed by atoms with Crippen molar-refractivity contribution < 1.29 is 0 Å². The van der Waals surface area contributed by atoms with Crippen molar-refractivity contribution in [1.82, 2.24) is 9.97 Å². The van der Waals surface area contributed by atoms with Crippen LogP contribution in [0.4, 0.5) is 0 Å². The van der Waals surface area contributed by atoms with Crippen molar-refractivity contribution in [1.29, 1.82) is 0 Å². The molecule has 0 unspecified atom stereocenters. The Bertz CT molecular complexity index is 2980. The van der Waals surface area contributed by atoms with E-state index in [2.05, 4.69) is 189 Å². The molecule has 0 saturated heterocycles. The van der Waals surface area contributed by atoms with Crippen LogP contribution in [0.1, 0.15) is 89.0 Å². The number of benzene rings is 5. The monoisotopic (exact) mass is 802 g/mol. The summed E-state index contributed by atoms with van der Waals surface area (Å²) in [7, 11) is 0. The van der Waals surface area contributed by atoms with Crippen LogP contribution in [-0.2, 0) is 5.41 Å². The number of aromatic nitrogens is 2. The maximum absolute atomic E-state index is 5.30. The van der Waals surface area contributed by atoms with Gasteiger partial charge >= 0.3 is 0 Å². The second-order valence-corrected chi connectivity index (χ2v) is 21.7. The van der Waals surface area contributed by atoms with Crippen LogP contribution in [-0.4, -0.2) is 40.6 Å². The second kappa shape index (κ2) is 12.4. The third-order valence-corrected chi connectivity index (χ3v) is 17.0. The van der Waals surface area contributed by atoms with Crippen LogP contribution in [0, 0.1) is 0 Å². The Morgan fingerprint density at radius 3 is 1.42 bits per heavy atom. The number of rotatable bonds is 4. The minimum absolute atomic E-state index is 0.00548. The lowest BCUT2D eigenvalue weighted by Crippen LogP contribution is -2.36. The minimum atomic E-state index is -0.512. The van der Waals surface area contributed by atoms with Gasteiger partial charge in [-0.25, -0.2) is 9.97 Å². The fourth-order valence-electron chi connectivity index (χ4n) is 9.50. The largest absolute Gasteiger partial charge is 0.269 e. The maximum Gasteiger partial charge on any atom is 0.117 e. The van der Waals surface area contributed by atoms with E-state index in [9.17, 15) is 0 Å². The van der Waals surface area contributed by atoms with Crippen LogP contribution in [0.25, 0.3) is 55.5 Å². The molecule has 7 aromatic rings. The van der Waals surface area contributed by atoms with Crippen LogP contribution in [0.15, 0.2) is 143 Å². The summed E-state index contributed by atoms with van der Waals surface area (Å²) in [5, 5.41) is 4.48. The van der Waals surface area contributed by atoms with Gasteiger partial charge < -0.3 is 0 Å². The van der Waals surface area contributed by atoms with Crippen molar-refractivity contribution in [2.24, 2.45) is 9.98 Å². The maximum atomic E-state index is 5.30. The molecule has 1 spiro atoms. The third kappa shape index (κ3) is 5.18. The van der Waals surface area contributed by atoms with Crippen LogP contribution < -0.4 is 0 Å². The summed E-state index contributed by atoms with van der Waals surface area (Å²) in [5.41, 5.74) is 15.6. The van der Waals surface area contributed by atoms with Gasteiger partial charge in [-0.15, -0.1) is 0 Å². The first-order chi connectivity index (χ1) is 28.2. The second-order valence-electron chi connectivity index (χ2n) is 18.5. The van der Waals surface area contributed by atoms with Gasteiger partial charge in [0.1, 0.15) is 10.1 Å². The molecule has 2 aromatic heterocycles. The highest BCUT2D eigenvalue weighted by molar-refractivity contribution is 8.16. The molecule has 5 aromatic carbocycles. The summed E-state index contributed by atoms with van der Waals surface area (Å²) in [6.07, 6.45) is 0. The summed E-state index contributed by atoms with van der Waals surface area (Å²) in [4.78, 5) is 20.8. The summed E-state index contributed by atoms with van der Waals surface area (Å²) in [6.45, 7) is 18.0. The molecule has 11 rings (SSSR count). The zero-order valence-electron chi connectivity index (χ0n) is 34.8. The molecule has 59 heavy (non-hydrogen) atoms. The molecule has 0 fully saturated rings. The molecule has 0 amide bonds. The third-order valence-electron chi connectivity index (χ3n) is 14.0. The van der Waals surface area contributed by atoms with E-state index in [1.165, 1.54) is 55.3 Å². The normalized spacial score (nSPS) is 19.3. The van der Waals surface area contributed by atoms with Gasteiger partial charge in [0.15, 0.2) is 0 Å². The van der Waals surface area contributed by atoms with Gasteiger partial charge in [0.05, 0.1) is 39.3 Å². The molecular weight excluding hydrogens is 757 g/mol. The Morgan fingerprint density at radius 1 is 0.407 bits per heavy atom. The van der Waals surface area contributed by atoms with E-state index in [-0.39, 0.29) is 20.6 Å². The first-order valence-corrected chi connectivity index (χ1v) is 22.3. The quantitative estimate of drug-likeness (QED) is 0.178. The summed E-state index contributed by atoms with van der Waals surface area (Å²) in [5.74, 6) is 0. The van der Waals surface area contributed by atoms with Crippen molar-refractivity contribution in [3.63, 3.8) is 0 Å². The van der Waals surface area contributed by atoms with Crippen LogP contribution in [0.3, 0.4) is 0 Å². The molecule has 4 nitrogen and oxygen atoms in total.